The van der Waals surface area contributed by atoms with Gasteiger partial charge in [-0.05, 0) is 102 Å². The second-order valence-electron chi connectivity index (χ2n) is 13.9. The first-order valence-electron chi connectivity index (χ1n) is 13.7. The van der Waals surface area contributed by atoms with Crippen LogP contribution in [0.3, 0.4) is 0 Å². The summed E-state index contributed by atoms with van der Waals surface area (Å²) >= 11 is 0. The molecule has 0 aromatic carbocycles. The molecule has 0 spiro atoms. The fourth-order valence-electron chi connectivity index (χ4n) is 5.80. The number of nitrogens with zero attached hydrogens (tertiary/aromatic N) is 2. The molecule has 3 heterocycles. The zero-order valence-electron chi connectivity index (χ0n) is 25.5. The molecule has 0 bridgehead atoms. The van der Waals surface area contributed by atoms with Crippen molar-refractivity contribution in [2.45, 2.75) is 120 Å². The van der Waals surface area contributed by atoms with Crippen molar-refractivity contribution >= 4 is 15.8 Å². The van der Waals surface area contributed by atoms with E-state index >= 15 is 0 Å². The minimum atomic E-state index is -0.755. The Kier molecular flexibility index (Phi) is 10.1. The Morgan fingerprint density at radius 1 is 0.556 bits per heavy atom. The van der Waals surface area contributed by atoms with Crippen molar-refractivity contribution in [1.29, 1.82) is 0 Å². The minimum absolute atomic E-state index is 0. The monoisotopic (exact) mass is 574 g/mol. The van der Waals surface area contributed by atoms with Gasteiger partial charge < -0.3 is 9.80 Å². The molecule has 0 N–H and O–H groups in total. The molecule has 3 aliphatic rings. The summed E-state index contributed by atoms with van der Waals surface area (Å²) in [7, 11) is -1.51. The molecule has 0 amide bonds. The SMILES string of the molecule is CC(C)[PH+](C1=CC(C(C)(C)C)=CC2=C3C=C(C(C)(C)C)C=C([PH+](C(C)C)C(C)C)N3[CH-]N12)C(C)C.[FeH3]. The van der Waals surface area contributed by atoms with Gasteiger partial charge in [-0.2, -0.15) is 0 Å². The number of allylic oxidation sites excluding steroid dienone is 6. The van der Waals surface area contributed by atoms with Crippen molar-refractivity contribution < 1.29 is 17.1 Å². The van der Waals surface area contributed by atoms with Gasteiger partial charge in [-0.3, -0.25) is 0 Å². The molecular formula is C31H56FeN2P2+. The van der Waals surface area contributed by atoms with Gasteiger partial charge in [-0.25, -0.2) is 0 Å². The van der Waals surface area contributed by atoms with Crippen LogP contribution in [-0.2, 0) is 17.1 Å². The summed E-state index contributed by atoms with van der Waals surface area (Å²) in [6.07, 6.45) is 10.1. The molecule has 5 heteroatoms. The molecule has 3 rings (SSSR count). The zero-order chi connectivity index (χ0) is 26.6. The topological polar surface area (TPSA) is 6.48 Å². The van der Waals surface area contributed by atoms with E-state index in [9.17, 15) is 0 Å². The van der Waals surface area contributed by atoms with Crippen LogP contribution in [0.2, 0.25) is 0 Å². The molecule has 3 aliphatic heterocycles. The third-order valence-electron chi connectivity index (χ3n) is 7.51. The van der Waals surface area contributed by atoms with E-state index < -0.39 is 15.8 Å². The Hall–Kier alpha value is -0.321. The first kappa shape index (κ1) is 31.9. The van der Waals surface area contributed by atoms with E-state index in [1.165, 1.54) is 22.5 Å². The van der Waals surface area contributed by atoms with Crippen molar-refractivity contribution in [3.05, 3.63) is 64.4 Å². The van der Waals surface area contributed by atoms with Crippen LogP contribution in [0.1, 0.15) is 96.9 Å². The molecule has 0 aliphatic carbocycles. The van der Waals surface area contributed by atoms with Crippen molar-refractivity contribution in [2.75, 3.05) is 0 Å². The molecule has 36 heavy (non-hydrogen) atoms. The molecule has 0 saturated carbocycles. The molecule has 0 aromatic rings. The van der Waals surface area contributed by atoms with Crippen LogP contribution in [-0.4, -0.2) is 32.4 Å². The Balaban J connectivity index is 0.00000456. The first-order chi connectivity index (χ1) is 15.9. The number of rotatable bonds is 6. The zero-order valence-corrected chi connectivity index (χ0v) is 28.9. The van der Waals surface area contributed by atoms with Crippen LogP contribution in [0, 0.1) is 17.5 Å². The van der Waals surface area contributed by atoms with E-state index in [1.807, 2.05) is 0 Å². The van der Waals surface area contributed by atoms with E-state index in [0.717, 1.165) is 0 Å². The van der Waals surface area contributed by atoms with E-state index in [-0.39, 0.29) is 27.9 Å². The average Bonchev–Trinajstić information content (AvgIpc) is 3.04. The Bertz CT molecular complexity index is 887. The summed E-state index contributed by atoms with van der Waals surface area (Å²) < 4.78 is 0. The maximum atomic E-state index is 2.59. The van der Waals surface area contributed by atoms with Crippen LogP contribution >= 0.6 is 15.8 Å². The molecule has 0 atom stereocenters. The average molecular weight is 575 g/mol. The van der Waals surface area contributed by atoms with Gasteiger partial charge in [-0.1, -0.05) is 41.5 Å². The predicted molar refractivity (Wildman–Crippen MR) is 168 cm³/mol. The number of hydrogen-bond donors (Lipinski definition) is 0. The van der Waals surface area contributed by atoms with Crippen LogP contribution in [0.15, 0.2) is 57.7 Å². The third-order valence-corrected chi connectivity index (χ3v) is 14.4. The Labute approximate surface area is 236 Å². The molecule has 2 nitrogen and oxygen atoms in total. The van der Waals surface area contributed by atoms with Crippen molar-refractivity contribution in [3.63, 3.8) is 0 Å². The molecule has 0 aromatic heterocycles. The van der Waals surface area contributed by atoms with E-state index in [2.05, 4.69) is 138 Å². The first-order valence-corrected chi connectivity index (χ1v) is 17.1. The van der Waals surface area contributed by atoms with Crippen LogP contribution in [0.5, 0.6) is 0 Å². The summed E-state index contributed by atoms with van der Waals surface area (Å²) in [5.41, 5.74) is 11.8. The van der Waals surface area contributed by atoms with E-state index in [1.54, 1.807) is 10.9 Å². The van der Waals surface area contributed by atoms with Gasteiger partial charge in [0.1, 0.15) is 10.9 Å². The van der Waals surface area contributed by atoms with Crippen LogP contribution in [0.4, 0.5) is 0 Å². The standard InChI is InChI=1S/C31H51N2P2.Fe.3H/c1-20(2)34(21(3)4)28-17-24(30(9,10)11)15-26-27-16-25(31(12,13)14)18-29(33(27)19-32(26)28)35(22(5)6)23(7)8;;;;/h15-23H,1-14H3;;;;/q-1;;;;/p+2. The third kappa shape index (κ3) is 6.28. The van der Waals surface area contributed by atoms with Gasteiger partial charge in [0.2, 0.25) is 0 Å². The van der Waals surface area contributed by atoms with Gasteiger partial charge in [-0.15, -0.1) is 6.67 Å². The van der Waals surface area contributed by atoms with Crippen LogP contribution in [0.25, 0.3) is 0 Å². The number of hydrogen-bond acceptors (Lipinski definition) is 2. The second-order valence-corrected chi connectivity index (χ2v) is 21.4. The summed E-state index contributed by atoms with van der Waals surface area (Å²) in [4.78, 5) is 5.18. The normalized spacial score (nSPS) is 18.8. The van der Waals surface area contributed by atoms with Crippen molar-refractivity contribution in [3.8, 4) is 0 Å². The Morgan fingerprint density at radius 3 is 1.06 bits per heavy atom. The number of fused-ring (bicyclic) bond motifs is 2. The molecule has 207 valence electrons. The summed E-state index contributed by atoms with van der Waals surface area (Å²) in [5, 5.41) is 0. The van der Waals surface area contributed by atoms with Crippen molar-refractivity contribution in [2.24, 2.45) is 10.8 Å². The molecule has 0 saturated heterocycles. The van der Waals surface area contributed by atoms with Gasteiger partial charge in [0, 0.05) is 11.4 Å². The van der Waals surface area contributed by atoms with Gasteiger partial charge >= 0.3 is 17.1 Å². The van der Waals surface area contributed by atoms with Crippen LogP contribution < -0.4 is 0 Å². The molecule has 0 unspecified atom stereocenters. The molecular weight excluding hydrogens is 518 g/mol. The summed E-state index contributed by atoms with van der Waals surface area (Å²) in [5.74, 6) is 0. The Morgan fingerprint density at radius 2 is 0.833 bits per heavy atom. The second kappa shape index (κ2) is 11.4. The quantitative estimate of drug-likeness (QED) is 0.178. The molecule has 0 fully saturated rings. The summed E-state index contributed by atoms with van der Waals surface area (Å²) in [6.45, 7) is 36.1. The molecule has 0 radical (unpaired) electrons. The maximum absolute atomic E-state index is 2.59. The fraction of sp³-hybridized carbons (Fsp3) is 0.645. The van der Waals surface area contributed by atoms with Gasteiger partial charge in [0.15, 0.2) is 0 Å². The van der Waals surface area contributed by atoms with E-state index in [4.69, 9.17) is 0 Å². The predicted octanol–water partition coefficient (Wildman–Crippen LogP) is 8.85. The van der Waals surface area contributed by atoms with E-state index in [0.29, 0.717) is 22.6 Å². The van der Waals surface area contributed by atoms with Gasteiger partial charge in [0.25, 0.3) is 0 Å². The van der Waals surface area contributed by atoms with Gasteiger partial charge in [0.05, 0.1) is 38.5 Å². The summed E-state index contributed by atoms with van der Waals surface area (Å²) in [6, 6.07) is 0. The van der Waals surface area contributed by atoms with Crippen molar-refractivity contribution in [1.82, 2.24) is 9.80 Å². The fourth-order valence-corrected chi connectivity index (χ4v) is 12.4.